The highest BCUT2D eigenvalue weighted by Gasteiger charge is 2.10. The average Bonchev–Trinajstić information content (AvgIpc) is 2.32. The van der Waals surface area contributed by atoms with Gasteiger partial charge in [-0.2, -0.15) is 0 Å². The van der Waals surface area contributed by atoms with Gasteiger partial charge in [0.05, 0.1) is 16.6 Å². The largest absolute Gasteiger partial charge is 0.309 e. The number of hydrogen-bond acceptors (Lipinski definition) is 3. The third-order valence-corrected chi connectivity index (χ3v) is 3.54. The summed E-state index contributed by atoms with van der Waals surface area (Å²) in [6.45, 7) is 2.31. The van der Waals surface area contributed by atoms with Gasteiger partial charge in [0.2, 0.25) is 0 Å². The Morgan fingerprint density at radius 3 is 2.37 bits per heavy atom. The molecule has 0 atom stereocenters. The number of nitrogens with zero attached hydrogens (tertiary/aromatic N) is 2. The van der Waals surface area contributed by atoms with Crippen LogP contribution in [0.1, 0.15) is 16.8 Å². The second kappa shape index (κ2) is 7.85. The van der Waals surface area contributed by atoms with E-state index in [1.54, 1.807) is 18.2 Å². The monoisotopic (exact) mass is 302 g/mol. The molecule has 1 rings (SSSR count). The Labute approximate surface area is 125 Å². The van der Waals surface area contributed by atoms with E-state index in [4.69, 9.17) is 23.2 Å². The maximum Gasteiger partial charge on any atom is 0.176 e. The number of benzene rings is 1. The lowest BCUT2D eigenvalue weighted by Crippen LogP contribution is -2.29. The molecule has 3 nitrogen and oxygen atoms in total. The normalized spacial score (nSPS) is 11.3. The molecule has 0 aliphatic carbocycles. The molecular formula is C14H20Cl2N2O. The van der Waals surface area contributed by atoms with Gasteiger partial charge in [0, 0.05) is 5.56 Å². The average molecular weight is 303 g/mol. The van der Waals surface area contributed by atoms with Gasteiger partial charge in [0.25, 0.3) is 0 Å². The van der Waals surface area contributed by atoms with Crippen molar-refractivity contribution >= 4 is 29.0 Å². The first-order valence-corrected chi connectivity index (χ1v) is 6.97. The lowest BCUT2D eigenvalue weighted by Gasteiger charge is -2.17. The van der Waals surface area contributed by atoms with Gasteiger partial charge >= 0.3 is 0 Å². The van der Waals surface area contributed by atoms with E-state index in [0.29, 0.717) is 22.2 Å². The Kier molecular flexibility index (Phi) is 6.80. The van der Waals surface area contributed by atoms with Crippen molar-refractivity contribution in [1.82, 2.24) is 9.80 Å². The van der Waals surface area contributed by atoms with E-state index in [0.717, 1.165) is 19.5 Å². The minimum absolute atomic E-state index is 0.0610. The van der Waals surface area contributed by atoms with E-state index in [2.05, 4.69) is 4.90 Å². The number of halogens is 2. The van der Waals surface area contributed by atoms with E-state index >= 15 is 0 Å². The minimum Gasteiger partial charge on any atom is -0.309 e. The highest BCUT2D eigenvalue weighted by atomic mass is 35.5. The van der Waals surface area contributed by atoms with Gasteiger partial charge in [-0.15, -0.1) is 0 Å². The SMILES string of the molecule is CN(C)CCCN(C)CC(=O)c1ccc(Cl)c(Cl)c1. The number of carbonyl (C=O) groups is 1. The summed E-state index contributed by atoms with van der Waals surface area (Å²) in [5, 5.41) is 0.889. The summed E-state index contributed by atoms with van der Waals surface area (Å²) in [5.41, 5.74) is 0.605. The van der Waals surface area contributed by atoms with Crippen LogP contribution in [0.15, 0.2) is 18.2 Å². The molecule has 0 radical (unpaired) electrons. The Bertz CT molecular complexity index is 435. The van der Waals surface area contributed by atoms with Crippen LogP contribution in [-0.4, -0.2) is 56.4 Å². The van der Waals surface area contributed by atoms with Gasteiger partial charge in [-0.3, -0.25) is 9.69 Å². The molecule has 0 aromatic heterocycles. The summed E-state index contributed by atoms with van der Waals surface area (Å²) in [4.78, 5) is 16.2. The molecule has 0 bridgehead atoms. The van der Waals surface area contributed by atoms with E-state index in [9.17, 15) is 4.79 Å². The molecule has 0 fully saturated rings. The summed E-state index contributed by atoms with van der Waals surface area (Å²) >= 11 is 11.7. The van der Waals surface area contributed by atoms with E-state index in [1.165, 1.54) is 0 Å². The molecule has 1 aromatic carbocycles. The van der Waals surface area contributed by atoms with Crippen molar-refractivity contribution in [1.29, 1.82) is 0 Å². The molecule has 0 spiro atoms. The van der Waals surface area contributed by atoms with Crippen molar-refractivity contribution in [3.05, 3.63) is 33.8 Å². The van der Waals surface area contributed by atoms with Gasteiger partial charge in [-0.05, 0) is 58.9 Å². The second-order valence-corrected chi connectivity index (χ2v) is 5.76. The van der Waals surface area contributed by atoms with Crippen LogP contribution in [0.4, 0.5) is 0 Å². The summed E-state index contributed by atoms with van der Waals surface area (Å²) in [6.07, 6.45) is 1.04. The molecule has 0 aliphatic heterocycles. The maximum atomic E-state index is 12.1. The van der Waals surface area contributed by atoms with Gasteiger partial charge < -0.3 is 4.90 Å². The number of carbonyl (C=O) groups excluding carboxylic acids is 1. The zero-order valence-corrected chi connectivity index (χ0v) is 13.1. The molecule has 0 N–H and O–H groups in total. The first-order chi connectivity index (χ1) is 8.90. The molecule has 0 saturated carbocycles. The van der Waals surface area contributed by atoms with Crippen LogP contribution in [0.2, 0.25) is 10.0 Å². The number of likely N-dealkylation sites (N-methyl/N-ethyl adjacent to an activating group) is 1. The molecule has 1 aromatic rings. The van der Waals surface area contributed by atoms with Crippen LogP contribution in [0, 0.1) is 0 Å². The lowest BCUT2D eigenvalue weighted by atomic mass is 10.1. The molecule has 0 unspecified atom stereocenters. The second-order valence-electron chi connectivity index (χ2n) is 4.95. The molecule has 0 saturated heterocycles. The molecular weight excluding hydrogens is 283 g/mol. The number of ketones is 1. The first kappa shape index (κ1) is 16.4. The van der Waals surface area contributed by atoms with Crippen molar-refractivity contribution < 1.29 is 4.79 Å². The molecule has 0 heterocycles. The van der Waals surface area contributed by atoms with E-state index in [-0.39, 0.29) is 5.78 Å². The molecule has 5 heteroatoms. The topological polar surface area (TPSA) is 23.6 Å². The summed E-state index contributed by atoms with van der Waals surface area (Å²) in [5.74, 6) is 0.0610. The summed E-state index contributed by atoms with van der Waals surface area (Å²) in [6, 6.07) is 4.99. The fourth-order valence-corrected chi connectivity index (χ4v) is 2.04. The fraction of sp³-hybridized carbons (Fsp3) is 0.500. The summed E-state index contributed by atoms with van der Waals surface area (Å²) in [7, 11) is 6.03. The van der Waals surface area contributed by atoms with Crippen LogP contribution in [0.5, 0.6) is 0 Å². The van der Waals surface area contributed by atoms with Crippen molar-refractivity contribution in [2.45, 2.75) is 6.42 Å². The predicted octanol–water partition coefficient (Wildman–Crippen LogP) is 3.06. The van der Waals surface area contributed by atoms with Crippen molar-refractivity contribution in [3.8, 4) is 0 Å². The molecule has 0 aliphatic rings. The number of rotatable bonds is 7. The maximum absolute atomic E-state index is 12.1. The Morgan fingerprint density at radius 1 is 1.11 bits per heavy atom. The highest BCUT2D eigenvalue weighted by molar-refractivity contribution is 6.42. The van der Waals surface area contributed by atoms with Crippen LogP contribution in [0.3, 0.4) is 0 Å². The Balaban J connectivity index is 2.47. The Morgan fingerprint density at radius 2 is 1.79 bits per heavy atom. The van der Waals surface area contributed by atoms with E-state index in [1.807, 2.05) is 26.0 Å². The predicted molar refractivity (Wildman–Crippen MR) is 81.5 cm³/mol. The molecule has 0 amide bonds. The van der Waals surface area contributed by atoms with Crippen LogP contribution in [-0.2, 0) is 0 Å². The quantitative estimate of drug-likeness (QED) is 0.723. The summed E-state index contributed by atoms with van der Waals surface area (Å²) < 4.78 is 0. The van der Waals surface area contributed by atoms with Crippen molar-refractivity contribution in [3.63, 3.8) is 0 Å². The smallest absolute Gasteiger partial charge is 0.176 e. The van der Waals surface area contributed by atoms with Gasteiger partial charge in [-0.1, -0.05) is 23.2 Å². The zero-order valence-electron chi connectivity index (χ0n) is 11.6. The zero-order chi connectivity index (χ0) is 14.4. The van der Waals surface area contributed by atoms with Crippen LogP contribution < -0.4 is 0 Å². The lowest BCUT2D eigenvalue weighted by molar-refractivity contribution is 0.0944. The number of Topliss-reactive ketones (excluding diaryl/α,β-unsaturated/α-hetero) is 1. The van der Waals surface area contributed by atoms with Crippen LogP contribution in [0.25, 0.3) is 0 Å². The van der Waals surface area contributed by atoms with Crippen molar-refractivity contribution in [2.75, 3.05) is 40.8 Å². The third kappa shape index (κ3) is 5.91. The van der Waals surface area contributed by atoms with Gasteiger partial charge in [0.15, 0.2) is 5.78 Å². The third-order valence-electron chi connectivity index (χ3n) is 2.80. The Hall–Kier alpha value is -0.610. The van der Waals surface area contributed by atoms with E-state index < -0.39 is 0 Å². The standard InChI is InChI=1S/C14H20Cl2N2O/c1-17(2)7-4-8-18(3)10-14(19)11-5-6-12(15)13(16)9-11/h5-6,9H,4,7-8,10H2,1-3H3. The molecule has 19 heavy (non-hydrogen) atoms. The van der Waals surface area contributed by atoms with Crippen molar-refractivity contribution in [2.24, 2.45) is 0 Å². The molecule has 106 valence electrons. The minimum atomic E-state index is 0.0610. The fourth-order valence-electron chi connectivity index (χ4n) is 1.74. The van der Waals surface area contributed by atoms with Gasteiger partial charge in [-0.25, -0.2) is 0 Å². The first-order valence-electron chi connectivity index (χ1n) is 6.21. The van der Waals surface area contributed by atoms with Gasteiger partial charge in [0.1, 0.15) is 0 Å². The van der Waals surface area contributed by atoms with Crippen LogP contribution >= 0.6 is 23.2 Å². The highest BCUT2D eigenvalue weighted by Crippen LogP contribution is 2.22. The number of hydrogen-bond donors (Lipinski definition) is 0.